The maximum Gasteiger partial charge on any atom is 0.340 e. The maximum absolute atomic E-state index is 10.9. The van der Waals surface area contributed by atoms with Crippen LogP contribution in [-0.2, 0) is 0 Å². The van der Waals surface area contributed by atoms with Gasteiger partial charge in [0, 0.05) is 5.92 Å². The number of aromatic nitrogens is 1. The molecule has 2 atom stereocenters. The summed E-state index contributed by atoms with van der Waals surface area (Å²) in [6, 6.07) is 0. The Hall–Kier alpha value is -1.32. The number of nitrogens with zero attached hydrogens (tertiary/aromatic N) is 1. The first kappa shape index (κ1) is 10.2. The largest absolute Gasteiger partial charge is 0.478 e. The van der Waals surface area contributed by atoms with Crippen LogP contribution < -0.4 is 0 Å². The fraction of sp³-hybridized carbons (Fsp3) is 0.636. The molecule has 1 heterocycles. The van der Waals surface area contributed by atoms with Crippen molar-refractivity contribution >= 4 is 5.97 Å². The van der Waals surface area contributed by atoms with Crippen molar-refractivity contribution in [2.75, 3.05) is 0 Å². The number of hydrogen-bond acceptors (Lipinski definition) is 3. The van der Waals surface area contributed by atoms with Gasteiger partial charge in [0.25, 0.3) is 0 Å². The second-order valence-electron chi connectivity index (χ2n) is 4.29. The minimum atomic E-state index is -0.941. The van der Waals surface area contributed by atoms with E-state index in [0.717, 1.165) is 19.3 Å². The Bertz CT molecular complexity index is 358. The molecule has 1 aliphatic carbocycles. The lowest BCUT2D eigenvalue weighted by atomic mass is 9.78. The third-order valence-electron chi connectivity index (χ3n) is 3.29. The van der Waals surface area contributed by atoms with Gasteiger partial charge in [0.05, 0.1) is 0 Å². The van der Waals surface area contributed by atoms with Crippen LogP contribution in [0.25, 0.3) is 0 Å². The van der Waals surface area contributed by atoms with E-state index in [1.54, 1.807) is 0 Å². The Labute approximate surface area is 88.3 Å². The van der Waals surface area contributed by atoms with Crippen molar-refractivity contribution in [2.24, 2.45) is 5.92 Å². The van der Waals surface area contributed by atoms with Crippen molar-refractivity contribution in [3.8, 4) is 0 Å². The Kier molecular flexibility index (Phi) is 2.75. The minimum absolute atomic E-state index is 0.230. The highest BCUT2D eigenvalue weighted by atomic mass is 16.5. The summed E-state index contributed by atoms with van der Waals surface area (Å²) in [5, 5.41) is 12.8. The first-order valence-corrected chi connectivity index (χ1v) is 5.37. The number of hydrogen-bond donors (Lipinski definition) is 1. The molecular formula is C11H15NO3. The summed E-state index contributed by atoms with van der Waals surface area (Å²) < 4.78 is 4.78. The summed E-state index contributed by atoms with van der Waals surface area (Å²) in [5.74, 6) is -0.186. The average molecular weight is 209 g/mol. The molecule has 1 aliphatic rings. The van der Waals surface area contributed by atoms with Crippen LogP contribution >= 0.6 is 0 Å². The summed E-state index contributed by atoms with van der Waals surface area (Å²) in [6.07, 6.45) is 5.79. The number of carboxylic acids is 1. The van der Waals surface area contributed by atoms with Crippen LogP contribution in [0.5, 0.6) is 0 Å². The van der Waals surface area contributed by atoms with Crippen LogP contribution in [0.1, 0.15) is 54.6 Å². The van der Waals surface area contributed by atoms with E-state index in [-0.39, 0.29) is 11.5 Å². The normalized spacial score (nSPS) is 26.5. The molecular weight excluding hydrogens is 194 g/mol. The predicted molar refractivity (Wildman–Crippen MR) is 53.8 cm³/mol. The molecule has 1 N–H and O–H groups in total. The van der Waals surface area contributed by atoms with Crippen molar-refractivity contribution in [3.63, 3.8) is 0 Å². The van der Waals surface area contributed by atoms with Crippen LogP contribution in [0.15, 0.2) is 10.8 Å². The summed E-state index contributed by atoms with van der Waals surface area (Å²) in [4.78, 5) is 10.9. The summed E-state index contributed by atoms with van der Waals surface area (Å²) in [5.41, 5.74) is 0.864. The molecule has 2 rings (SSSR count). The molecule has 0 unspecified atom stereocenters. The van der Waals surface area contributed by atoms with Gasteiger partial charge in [-0.2, -0.15) is 0 Å². The van der Waals surface area contributed by atoms with Gasteiger partial charge in [-0.25, -0.2) is 4.79 Å². The maximum atomic E-state index is 10.9. The quantitative estimate of drug-likeness (QED) is 0.813. The van der Waals surface area contributed by atoms with Gasteiger partial charge in [0.1, 0.15) is 17.5 Å². The zero-order chi connectivity index (χ0) is 10.8. The van der Waals surface area contributed by atoms with E-state index in [2.05, 4.69) is 12.1 Å². The van der Waals surface area contributed by atoms with E-state index < -0.39 is 5.97 Å². The van der Waals surface area contributed by atoms with Gasteiger partial charge in [-0.1, -0.05) is 31.3 Å². The highest BCUT2D eigenvalue weighted by Crippen LogP contribution is 2.37. The molecule has 82 valence electrons. The fourth-order valence-corrected chi connectivity index (χ4v) is 2.40. The lowest BCUT2D eigenvalue weighted by molar-refractivity contribution is 0.0693. The van der Waals surface area contributed by atoms with E-state index in [4.69, 9.17) is 9.63 Å². The van der Waals surface area contributed by atoms with Crippen molar-refractivity contribution in [1.82, 2.24) is 5.16 Å². The van der Waals surface area contributed by atoms with Gasteiger partial charge >= 0.3 is 5.97 Å². The first-order valence-electron chi connectivity index (χ1n) is 5.37. The van der Waals surface area contributed by atoms with Crippen molar-refractivity contribution in [3.05, 3.63) is 17.5 Å². The van der Waals surface area contributed by atoms with E-state index in [9.17, 15) is 4.79 Å². The monoisotopic (exact) mass is 209 g/mol. The summed E-state index contributed by atoms with van der Waals surface area (Å²) in [7, 11) is 0. The SMILES string of the molecule is C[C@@H]1CCCC[C@H]1c1nocc1C(=O)O. The minimum Gasteiger partial charge on any atom is -0.478 e. The van der Waals surface area contributed by atoms with Gasteiger partial charge in [-0.05, 0) is 12.3 Å². The standard InChI is InChI=1S/C11H15NO3/c1-7-4-2-3-5-8(7)10-9(11(13)14)6-15-12-10/h6-8H,2-5H2,1H3,(H,13,14)/t7-,8-/m1/s1. The zero-order valence-electron chi connectivity index (χ0n) is 8.77. The topological polar surface area (TPSA) is 63.3 Å². The molecule has 0 radical (unpaired) electrons. The van der Waals surface area contributed by atoms with Crippen LogP contribution in [0.3, 0.4) is 0 Å². The van der Waals surface area contributed by atoms with Gasteiger partial charge < -0.3 is 9.63 Å². The van der Waals surface area contributed by atoms with Crippen molar-refractivity contribution < 1.29 is 14.4 Å². The molecule has 4 heteroatoms. The Morgan fingerprint density at radius 1 is 1.53 bits per heavy atom. The number of rotatable bonds is 2. The van der Waals surface area contributed by atoms with Gasteiger partial charge in [0.15, 0.2) is 0 Å². The zero-order valence-corrected chi connectivity index (χ0v) is 8.77. The third-order valence-corrected chi connectivity index (χ3v) is 3.29. The van der Waals surface area contributed by atoms with E-state index in [1.165, 1.54) is 12.7 Å². The molecule has 0 bridgehead atoms. The fourth-order valence-electron chi connectivity index (χ4n) is 2.40. The van der Waals surface area contributed by atoms with Gasteiger partial charge in [-0.15, -0.1) is 0 Å². The van der Waals surface area contributed by atoms with Gasteiger partial charge in [-0.3, -0.25) is 0 Å². The first-order chi connectivity index (χ1) is 7.20. The molecule has 15 heavy (non-hydrogen) atoms. The van der Waals surface area contributed by atoms with Crippen LogP contribution in [0.4, 0.5) is 0 Å². The van der Waals surface area contributed by atoms with Crippen LogP contribution in [0, 0.1) is 5.92 Å². The molecule has 0 spiro atoms. The van der Waals surface area contributed by atoms with E-state index >= 15 is 0 Å². The number of carbonyl (C=O) groups is 1. The highest BCUT2D eigenvalue weighted by molar-refractivity contribution is 5.88. The van der Waals surface area contributed by atoms with Crippen LogP contribution in [0.2, 0.25) is 0 Å². The third kappa shape index (κ3) is 1.89. The van der Waals surface area contributed by atoms with E-state index in [0.29, 0.717) is 11.6 Å². The Balaban J connectivity index is 2.27. The van der Waals surface area contributed by atoms with Crippen molar-refractivity contribution in [1.29, 1.82) is 0 Å². The summed E-state index contributed by atoms with van der Waals surface area (Å²) >= 11 is 0. The Morgan fingerprint density at radius 3 is 2.93 bits per heavy atom. The number of carboxylic acid groups (broad SMARTS) is 1. The van der Waals surface area contributed by atoms with Crippen molar-refractivity contribution in [2.45, 2.75) is 38.5 Å². The molecule has 1 fully saturated rings. The lowest BCUT2D eigenvalue weighted by Gasteiger charge is -2.27. The molecule has 0 aromatic carbocycles. The summed E-state index contributed by atoms with van der Waals surface area (Å²) in [6.45, 7) is 2.16. The second-order valence-corrected chi connectivity index (χ2v) is 4.29. The molecule has 0 aliphatic heterocycles. The average Bonchev–Trinajstić information content (AvgIpc) is 2.67. The highest BCUT2D eigenvalue weighted by Gasteiger charge is 2.29. The predicted octanol–water partition coefficient (Wildman–Crippen LogP) is 2.67. The molecule has 0 amide bonds. The molecule has 1 saturated carbocycles. The smallest absolute Gasteiger partial charge is 0.340 e. The van der Waals surface area contributed by atoms with Gasteiger partial charge in [0.2, 0.25) is 0 Å². The number of aromatic carboxylic acids is 1. The molecule has 4 nitrogen and oxygen atoms in total. The lowest BCUT2D eigenvalue weighted by Crippen LogP contribution is -2.17. The second kappa shape index (κ2) is 4.04. The van der Waals surface area contributed by atoms with Crippen LogP contribution in [-0.4, -0.2) is 16.2 Å². The molecule has 0 saturated heterocycles. The Morgan fingerprint density at radius 2 is 2.27 bits per heavy atom. The molecule has 1 aromatic heterocycles. The van der Waals surface area contributed by atoms with E-state index in [1.807, 2.05) is 0 Å². The molecule has 1 aromatic rings.